The summed E-state index contributed by atoms with van der Waals surface area (Å²) in [4.78, 5) is 36.7. The summed E-state index contributed by atoms with van der Waals surface area (Å²) in [6, 6.07) is 14.7. The van der Waals surface area contributed by atoms with E-state index < -0.39 is 11.9 Å². The molecule has 0 saturated carbocycles. The Hall–Kier alpha value is -2.70. The molecule has 0 bridgehead atoms. The third kappa shape index (κ3) is 5.22. The topological polar surface area (TPSA) is 72.5 Å². The number of thiophene rings is 1. The Bertz CT molecular complexity index is 1040. The van der Waals surface area contributed by atoms with Crippen LogP contribution in [0, 0.1) is 0 Å². The second-order valence-electron chi connectivity index (χ2n) is 6.45. The first kappa shape index (κ1) is 21.0. The molecule has 150 valence electrons. The molecule has 0 aliphatic carbocycles. The number of nitrogens with one attached hydrogen (secondary N) is 1. The highest BCUT2D eigenvalue weighted by Crippen LogP contribution is 2.34. The predicted molar refractivity (Wildman–Crippen MR) is 115 cm³/mol. The smallest absolute Gasteiger partial charge is 0.325 e. The quantitative estimate of drug-likeness (QED) is 0.417. The molecule has 0 spiro atoms. The number of esters is 1. The van der Waals surface area contributed by atoms with E-state index in [9.17, 15) is 14.4 Å². The van der Waals surface area contributed by atoms with Crippen molar-refractivity contribution in [1.82, 2.24) is 5.32 Å². The van der Waals surface area contributed by atoms with E-state index in [-0.39, 0.29) is 18.9 Å². The summed E-state index contributed by atoms with van der Waals surface area (Å²) < 4.78 is 5.87. The summed E-state index contributed by atoms with van der Waals surface area (Å²) in [6.07, 6.45) is 1.98. The van der Waals surface area contributed by atoms with Gasteiger partial charge in [-0.15, -0.1) is 11.3 Å². The molecule has 5 nitrogen and oxygen atoms in total. The summed E-state index contributed by atoms with van der Waals surface area (Å²) in [7, 11) is 0. The van der Waals surface area contributed by atoms with E-state index in [1.54, 1.807) is 12.1 Å². The number of rotatable bonds is 8. The van der Waals surface area contributed by atoms with Crippen LogP contribution in [0.15, 0.2) is 48.5 Å². The first-order chi connectivity index (χ1) is 14.0. The molecule has 0 fully saturated rings. The Morgan fingerprint density at radius 1 is 1.07 bits per heavy atom. The summed E-state index contributed by atoms with van der Waals surface area (Å²) in [5.74, 6) is -1.43. The summed E-state index contributed by atoms with van der Waals surface area (Å²) >= 11 is 7.51. The van der Waals surface area contributed by atoms with Crippen LogP contribution in [0.25, 0.3) is 10.1 Å². The van der Waals surface area contributed by atoms with Gasteiger partial charge in [0.05, 0.1) is 5.02 Å². The minimum Gasteiger partial charge on any atom is -0.456 e. The van der Waals surface area contributed by atoms with E-state index in [2.05, 4.69) is 12.2 Å². The third-order valence-electron chi connectivity index (χ3n) is 4.31. The van der Waals surface area contributed by atoms with Gasteiger partial charge in [-0.25, -0.2) is 0 Å². The van der Waals surface area contributed by atoms with Gasteiger partial charge in [-0.3, -0.25) is 14.4 Å². The Labute approximate surface area is 177 Å². The zero-order chi connectivity index (χ0) is 20.8. The molecule has 0 saturated heterocycles. The first-order valence-electron chi connectivity index (χ1n) is 9.22. The maximum atomic E-state index is 12.3. The van der Waals surface area contributed by atoms with Crippen LogP contribution in [-0.4, -0.2) is 30.8 Å². The van der Waals surface area contributed by atoms with E-state index >= 15 is 0 Å². The van der Waals surface area contributed by atoms with Gasteiger partial charge in [0.2, 0.25) is 0 Å². The van der Waals surface area contributed by atoms with Crippen LogP contribution in [-0.2, 0) is 16.0 Å². The molecule has 0 aliphatic rings. The number of amides is 1. The fourth-order valence-electron chi connectivity index (χ4n) is 2.82. The number of aryl methyl sites for hydroxylation is 1. The van der Waals surface area contributed by atoms with Gasteiger partial charge >= 0.3 is 5.97 Å². The van der Waals surface area contributed by atoms with Gasteiger partial charge < -0.3 is 10.1 Å². The lowest BCUT2D eigenvalue weighted by Gasteiger charge is -2.06. The van der Waals surface area contributed by atoms with Gasteiger partial charge in [0.25, 0.3) is 5.91 Å². The Balaban J connectivity index is 1.49. The van der Waals surface area contributed by atoms with E-state index in [0.717, 1.165) is 28.5 Å². The van der Waals surface area contributed by atoms with Crippen molar-refractivity contribution in [1.29, 1.82) is 0 Å². The zero-order valence-corrected chi connectivity index (χ0v) is 17.4. The van der Waals surface area contributed by atoms with Gasteiger partial charge in [-0.1, -0.05) is 67.4 Å². The second kappa shape index (κ2) is 9.67. The molecule has 1 aromatic heterocycles. The van der Waals surface area contributed by atoms with Crippen molar-refractivity contribution in [3.63, 3.8) is 0 Å². The number of carbonyl (C=O) groups excluding carboxylic acids is 3. The number of halogens is 1. The Morgan fingerprint density at radius 2 is 1.79 bits per heavy atom. The maximum absolute atomic E-state index is 12.3. The van der Waals surface area contributed by atoms with E-state index in [1.807, 2.05) is 36.4 Å². The SMILES string of the molecule is CCCc1ccc(C(=O)COC(=O)CNC(=O)c2sc3ccccc3c2Cl)cc1. The Kier molecular flexibility index (Phi) is 7.01. The summed E-state index contributed by atoms with van der Waals surface area (Å²) in [5.41, 5.74) is 1.64. The number of benzene rings is 2. The van der Waals surface area contributed by atoms with Gasteiger partial charge in [-0.05, 0) is 18.1 Å². The lowest BCUT2D eigenvalue weighted by atomic mass is 10.1. The van der Waals surface area contributed by atoms with Crippen molar-refractivity contribution in [2.75, 3.05) is 13.2 Å². The average Bonchev–Trinajstić information content (AvgIpc) is 3.08. The van der Waals surface area contributed by atoms with Crippen LogP contribution < -0.4 is 5.32 Å². The van der Waals surface area contributed by atoms with Crippen LogP contribution in [0.2, 0.25) is 5.02 Å². The maximum Gasteiger partial charge on any atom is 0.325 e. The molecule has 0 unspecified atom stereocenters. The largest absolute Gasteiger partial charge is 0.456 e. The normalized spacial score (nSPS) is 10.7. The molecular weight excluding hydrogens is 410 g/mol. The molecule has 1 heterocycles. The van der Waals surface area contributed by atoms with Crippen LogP contribution in [0.3, 0.4) is 0 Å². The molecule has 29 heavy (non-hydrogen) atoms. The lowest BCUT2D eigenvalue weighted by molar-refractivity contribution is -0.141. The molecule has 0 radical (unpaired) electrons. The highest BCUT2D eigenvalue weighted by molar-refractivity contribution is 7.21. The number of carbonyl (C=O) groups is 3. The molecule has 1 amide bonds. The zero-order valence-electron chi connectivity index (χ0n) is 15.9. The minimum absolute atomic E-state index is 0.291. The van der Waals surface area contributed by atoms with Crippen molar-refractivity contribution in [3.05, 3.63) is 69.6 Å². The van der Waals surface area contributed by atoms with Crippen molar-refractivity contribution in [2.24, 2.45) is 0 Å². The monoisotopic (exact) mass is 429 g/mol. The number of ether oxygens (including phenoxy) is 1. The van der Waals surface area contributed by atoms with Crippen molar-refractivity contribution < 1.29 is 19.1 Å². The second-order valence-corrected chi connectivity index (χ2v) is 7.88. The highest BCUT2D eigenvalue weighted by atomic mass is 35.5. The fraction of sp³-hybridized carbons (Fsp3) is 0.227. The summed E-state index contributed by atoms with van der Waals surface area (Å²) in [5, 5.41) is 3.64. The van der Waals surface area contributed by atoms with E-state index in [4.69, 9.17) is 16.3 Å². The van der Waals surface area contributed by atoms with Gasteiger partial charge in [0.15, 0.2) is 12.4 Å². The first-order valence-corrected chi connectivity index (χ1v) is 10.4. The molecule has 0 aliphatic heterocycles. The van der Waals surface area contributed by atoms with Crippen LogP contribution >= 0.6 is 22.9 Å². The van der Waals surface area contributed by atoms with Crippen LogP contribution in [0.4, 0.5) is 0 Å². The number of hydrogen-bond donors (Lipinski definition) is 1. The van der Waals surface area contributed by atoms with Gasteiger partial charge in [0, 0.05) is 15.6 Å². The average molecular weight is 430 g/mol. The number of Topliss-reactive ketones (excluding diaryl/α,β-unsaturated/α-hetero) is 1. The predicted octanol–water partition coefficient (Wildman–Crippen LogP) is 4.66. The molecule has 1 N–H and O–H groups in total. The molecule has 3 rings (SSSR count). The van der Waals surface area contributed by atoms with Gasteiger partial charge in [0.1, 0.15) is 11.4 Å². The van der Waals surface area contributed by atoms with Crippen molar-refractivity contribution in [3.8, 4) is 0 Å². The number of fused-ring (bicyclic) bond motifs is 1. The Morgan fingerprint density at radius 3 is 2.48 bits per heavy atom. The summed E-state index contributed by atoms with van der Waals surface area (Å²) in [6.45, 7) is 1.38. The highest BCUT2D eigenvalue weighted by Gasteiger charge is 2.18. The molecule has 3 aromatic rings. The molecule has 2 aromatic carbocycles. The van der Waals surface area contributed by atoms with Crippen molar-refractivity contribution in [2.45, 2.75) is 19.8 Å². The minimum atomic E-state index is -0.688. The van der Waals surface area contributed by atoms with E-state index in [0.29, 0.717) is 15.5 Å². The standard InChI is InChI=1S/C22H20ClNO4S/c1-2-5-14-8-10-15(11-9-14)17(25)13-28-19(26)12-24-22(27)21-20(23)16-6-3-4-7-18(16)29-21/h3-4,6-11H,2,5,12-13H2,1H3,(H,24,27). The van der Waals surface area contributed by atoms with Crippen LogP contribution in [0.5, 0.6) is 0 Å². The lowest BCUT2D eigenvalue weighted by Crippen LogP contribution is -2.31. The molecule has 0 atom stereocenters. The number of hydrogen-bond acceptors (Lipinski definition) is 5. The third-order valence-corrected chi connectivity index (χ3v) is 5.99. The molecular formula is C22H20ClNO4S. The van der Waals surface area contributed by atoms with Crippen LogP contribution in [0.1, 0.15) is 38.9 Å². The fourth-order valence-corrected chi connectivity index (χ4v) is 4.25. The van der Waals surface area contributed by atoms with Crippen molar-refractivity contribution >= 4 is 50.7 Å². The number of ketones is 1. The van der Waals surface area contributed by atoms with Gasteiger partial charge in [-0.2, -0.15) is 0 Å². The molecule has 7 heteroatoms. The van der Waals surface area contributed by atoms with E-state index in [1.165, 1.54) is 11.3 Å².